The fraction of sp³-hybridized carbons (Fsp3) is 0.118. The highest BCUT2D eigenvalue weighted by Crippen LogP contribution is 2.23. The molecule has 0 radical (unpaired) electrons. The molecule has 0 spiro atoms. The monoisotopic (exact) mass is 341 g/mol. The third-order valence-electron chi connectivity index (χ3n) is 3.38. The van der Waals surface area contributed by atoms with Crippen molar-refractivity contribution in [3.8, 4) is 5.69 Å². The van der Waals surface area contributed by atoms with E-state index in [9.17, 15) is 0 Å². The number of halogens is 1. The summed E-state index contributed by atoms with van der Waals surface area (Å²) in [4.78, 5) is 4.08. The molecule has 106 valence electrons. The Balaban J connectivity index is 1.80. The molecule has 1 unspecified atom stereocenters. The molecule has 2 aromatic carbocycles. The van der Waals surface area contributed by atoms with Gasteiger partial charge in [-0.3, -0.25) is 0 Å². The number of rotatable bonds is 4. The van der Waals surface area contributed by atoms with E-state index < -0.39 is 0 Å². The molecule has 0 aliphatic heterocycles. The summed E-state index contributed by atoms with van der Waals surface area (Å²) in [5, 5.41) is 3.53. The zero-order valence-electron chi connectivity index (χ0n) is 11.7. The Morgan fingerprint density at radius 3 is 2.76 bits per heavy atom. The van der Waals surface area contributed by atoms with Crippen LogP contribution in [0, 0.1) is 0 Å². The van der Waals surface area contributed by atoms with Crippen LogP contribution in [0.3, 0.4) is 0 Å². The Hall–Kier alpha value is -2.07. The Labute approximate surface area is 132 Å². The van der Waals surface area contributed by atoms with Gasteiger partial charge in [0.05, 0.1) is 6.33 Å². The lowest BCUT2D eigenvalue weighted by atomic mass is 10.1. The van der Waals surface area contributed by atoms with Crippen molar-refractivity contribution < 1.29 is 0 Å². The Kier molecular flexibility index (Phi) is 4.06. The first-order valence-corrected chi connectivity index (χ1v) is 7.62. The van der Waals surface area contributed by atoms with Crippen molar-refractivity contribution in [2.45, 2.75) is 13.0 Å². The quantitative estimate of drug-likeness (QED) is 0.738. The number of nitrogens with one attached hydrogen (secondary N) is 1. The minimum absolute atomic E-state index is 0.237. The predicted molar refractivity (Wildman–Crippen MR) is 89.7 cm³/mol. The average molecular weight is 342 g/mol. The second-order valence-corrected chi connectivity index (χ2v) is 5.86. The summed E-state index contributed by atoms with van der Waals surface area (Å²) < 4.78 is 3.09. The van der Waals surface area contributed by atoms with Crippen molar-refractivity contribution in [1.82, 2.24) is 9.55 Å². The van der Waals surface area contributed by atoms with E-state index in [2.05, 4.69) is 69.6 Å². The molecule has 0 aliphatic rings. The summed E-state index contributed by atoms with van der Waals surface area (Å²) in [6.07, 6.45) is 5.53. The van der Waals surface area contributed by atoms with E-state index in [1.54, 1.807) is 12.5 Å². The smallest absolute Gasteiger partial charge is 0.0991 e. The molecule has 1 atom stereocenters. The first kappa shape index (κ1) is 13.9. The molecule has 0 saturated heterocycles. The van der Waals surface area contributed by atoms with Gasteiger partial charge in [0.2, 0.25) is 0 Å². The van der Waals surface area contributed by atoms with Gasteiger partial charge in [0.25, 0.3) is 0 Å². The normalized spacial score (nSPS) is 12.1. The van der Waals surface area contributed by atoms with Crippen LogP contribution in [0.5, 0.6) is 0 Å². The standard InChI is InChI=1S/C17H16BrN3/c1-13(14-4-2-5-15(18)10-14)20-16-6-3-7-17(11-16)21-9-8-19-12-21/h2-13,20H,1H3. The maximum atomic E-state index is 4.08. The predicted octanol–water partition coefficient (Wildman–Crippen LogP) is 4.81. The highest BCUT2D eigenvalue weighted by molar-refractivity contribution is 9.10. The molecule has 0 saturated carbocycles. The van der Waals surface area contributed by atoms with Crippen LogP contribution in [0.15, 0.2) is 71.7 Å². The zero-order valence-corrected chi connectivity index (χ0v) is 13.3. The van der Waals surface area contributed by atoms with Crippen LogP contribution in [0.25, 0.3) is 5.69 Å². The highest BCUT2D eigenvalue weighted by atomic mass is 79.9. The molecule has 3 nitrogen and oxygen atoms in total. The number of anilines is 1. The number of imidazole rings is 1. The van der Waals surface area contributed by atoms with Crippen LogP contribution < -0.4 is 5.32 Å². The molecule has 3 aromatic rings. The molecule has 3 rings (SSSR count). The SMILES string of the molecule is CC(Nc1cccc(-n2ccnc2)c1)c1cccc(Br)c1. The first-order chi connectivity index (χ1) is 10.2. The summed E-state index contributed by atoms with van der Waals surface area (Å²) in [7, 11) is 0. The van der Waals surface area contributed by atoms with E-state index in [0.717, 1.165) is 15.8 Å². The van der Waals surface area contributed by atoms with E-state index in [4.69, 9.17) is 0 Å². The second kappa shape index (κ2) is 6.14. The second-order valence-electron chi connectivity index (χ2n) is 4.94. The van der Waals surface area contributed by atoms with Crippen molar-refractivity contribution in [1.29, 1.82) is 0 Å². The molecule has 1 heterocycles. The van der Waals surface area contributed by atoms with Gasteiger partial charge in [-0.15, -0.1) is 0 Å². The molecule has 21 heavy (non-hydrogen) atoms. The van der Waals surface area contributed by atoms with Gasteiger partial charge >= 0.3 is 0 Å². The summed E-state index contributed by atoms with van der Waals surface area (Å²) in [6, 6.07) is 16.9. The first-order valence-electron chi connectivity index (χ1n) is 6.83. The van der Waals surface area contributed by atoms with Crippen LogP contribution in [0.2, 0.25) is 0 Å². The van der Waals surface area contributed by atoms with E-state index in [1.807, 2.05) is 22.9 Å². The maximum absolute atomic E-state index is 4.08. The molecule has 0 aliphatic carbocycles. The van der Waals surface area contributed by atoms with Crippen LogP contribution in [-0.2, 0) is 0 Å². The fourth-order valence-electron chi connectivity index (χ4n) is 2.28. The zero-order chi connectivity index (χ0) is 14.7. The fourth-order valence-corrected chi connectivity index (χ4v) is 2.69. The molecule has 4 heteroatoms. The molecule has 1 aromatic heterocycles. The number of benzene rings is 2. The summed E-state index contributed by atoms with van der Waals surface area (Å²) in [5.74, 6) is 0. The van der Waals surface area contributed by atoms with Gasteiger partial charge in [0.1, 0.15) is 0 Å². The Morgan fingerprint density at radius 1 is 1.14 bits per heavy atom. The Bertz CT molecular complexity index is 722. The molecule has 0 bridgehead atoms. The number of hydrogen-bond acceptors (Lipinski definition) is 2. The van der Waals surface area contributed by atoms with Crippen molar-refractivity contribution in [3.63, 3.8) is 0 Å². The van der Waals surface area contributed by atoms with Gasteiger partial charge in [0, 0.05) is 34.3 Å². The van der Waals surface area contributed by atoms with Crippen LogP contribution in [-0.4, -0.2) is 9.55 Å². The number of nitrogens with zero attached hydrogens (tertiary/aromatic N) is 2. The molecular weight excluding hydrogens is 326 g/mol. The minimum Gasteiger partial charge on any atom is -0.378 e. The highest BCUT2D eigenvalue weighted by Gasteiger charge is 2.06. The molecule has 0 amide bonds. The molecule has 1 N–H and O–H groups in total. The lowest BCUT2D eigenvalue weighted by Crippen LogP contribution is -2.06. The van der Waals surface area contributed by atoms with Crippen molar-refractivity contribution >= 4 is 21.6 Å². The minimum atomic E-state index is 0.237. The van der Waals surface area contributed by atoms with Crippen molar-refractivity contribution in [2.75, 3.05) is 5.32 Å². The van der Waals surface area contributed by atoms with Gasteiger partial charge in [-0.2, -0.15) is 0 Å². The maximum Gasteiger partial charge on any atom is 0.0991 e. The van der Waals surface area contributed by atoms with Gasteiger partial charge in [0.15, 0.2) is 0 Å². The van der Waals surface area contributed by atoms with Gasteiger partial charge < -0.3 is 9.88 Å². The van der Waals surface area contributed by atoms with E-state index >= 15 is 0 Å². The van der Waals surface area contributed by atoms with Crippen LogP contribution >= 0.6 is 15.9 Å². The van der Waals surface area contributed by atoms with E-state index in [-0.39, 0.29) is 6.04 Å². The topological polar surface area (TPSA) is 29.9 Å². The molecular formula is C17H16BrN3. The van der Waals surface area contributed by atoms with Gasteiger partial charge in [-0.25, -0.2) is 4.98 Å². The lowest BCUT2D eigenvalue weighted by molar-refractivity contribution is 0.883. The Morgan fingerprint density at radius 2 is 2.00 bits per heavy atom. The van der Waals surface area contributed by atoms with E-state index in [0.29, 0.717) is 0 Å². The van der Waals surface area contributed by atoms with Gasteiger partial charge in [-0.05, 0) is 42.8 Å². The summed E-state index contributed by atoms with van der Waals surface area (Å²) in [6.45, 7) is 2.16. The third kappa shape index (κ3) is 3.34. The van der Waals surface area contributed by atoms with Crippen LogP contribution in [0.1, 0.15) is 18.5 Å². The number of hydrogen-bond donors (Lipinski definition) is 1. The van der Waals surface area contributed by atoms with Crippen molar-refractivity contribution in [3.05, 3.63) is 77.3 Å². The summed E-state index contributed by atoms with van der Waals surface area (Å²) in [5.41, 5.74) is 3.44. The van der Waals surface area contributed by atoms with E-state index in [1.165, 1.54) is 5.56 Å². The average Bonchev–Trinajstić information content (AvgIpc) is 3.02. The number of aromatic nitrogens is 2. The molecule has 0 fully saturated rings. The van der Waals surface area contributed by atoms with Gasteiger partial charge in [-0.1, -0.05) is 34.1 Å². The summed E-state index contributed by atoms with van der Waals surface area (Å²) >= 11 is 3.52. The lowest BCUT2D eigenvalue weighted by Gasteiger charge is -2.17. The van der Waals surface area contributed by atoms with Crippen LogP contribution in [0.4, 0.5) is 5.69 Å². The largest absolute Gasteiger partial charge is 0.378 e. The van der Waals surface area contributed by atoms with Crippen molar-refractivity contribution in [2.24, 2.45) is 0 Å². The third-order valence-corrected chi connectivity index (χ3v) is 3.87.